The van der Waals surface area contributed by atoms with Gasteiger partial charge >= 0.3 is 0 Å². The molecule has 0 spiro atoms. The van der Waals surface area contributed by atoms with Crippen LogP contribution >= 0.6 is 0 Å². The molecule has 250 valence electrons. The van der Waals surface area contributed by atoms with Gasteiger partial charge in [0.25, 0.3) is 5.91 Å². The monoisotopic (exact) mass is 665 g/mol. The number of aliphatic hydroxyl groups is 1. The van der Waals surface area contributed by atoms with Crippen LogP contribution in [0.25, 0.3) is 22.2 Å². The minimum Gasteiger partial charge on any atom is -0.489 e. The summed E-state index contributed by atoms with van der Waals surface area (Å²) in [4.78, 5) is 30.8. The highest BCUT2D eigenvalue weighted by molar-refractivity contribution is 6.00. The molecule has 1 aliphatic heterocycles. The Morgan fingerprint density at radius 2 is 1.83 bits per heavy atom. The summed E-state index contributed by atoms with van der Waals surface area (Å²) in [5.74, 6) is -6.85. The number of carbonyl (C=O) groups is 2. The van der Waals surface area contributed by atoms with Gasteiger partial charge in [-0.25, -0.2) is 27.2 Å². The number of rotatable bonds is 10. The van der Waals surface area contributed by atoms with Crippen molar-refractivity contribution in [3.05, 3.63) is 70.8 Å². The Balaban J connectivity index is 1.17. The number of hydrogen-bond acceptors (Lipinski definition) is 7. The number of halogens is 4. The van der Waals surface area contributed by atoms with E-state index in [9.17, 15) is 27.9 Å². The summed E-state index contributed by atoms with van der Waals surface area (Å²) < 4.78 is 71.3. The fraction of sp³-hybridized carbons (Fsp3) is 0.412. The van der Waals surface area contributed by atoms with Crippen molar-refractivity contribution in [1.82, 2.24) is 20.1 Å². The van der Waals surface area contributed by atoms with E-state index in [1.165, 1.54) is 23.7 Å². The lowest BCUT2D eigenvalue weighted by Gasteiger charge is -2.30. The van der Waals surface area contributed by atoms with Crippen LogP contribution in [0.5, 0.6) is 11.5 Å². The molecule has 3 aliphatic carbocycles. The number of fused-ring (bicyclic) bond motifs is 2. The van der Waals surface area contributed by atoms with Gasteiger partial charge in [0, 0.05) is 47.2 Å². The minimum absolute atomic E-state index is 0.0218. The Kier molecular flexibility index (Phi) is 6.62. The topological polar surface area (TPSA) is 142 Å². The third kappa shape index (κ3) is 4.95. The molecular formula is C34H31F4N5O5. The largest absolute Gasteiger partial charge is 0.489 e. The summed E-state index contributed by atoms with van der Waals surface area (Å²) >= 11 is 0. The standard InChI is InChI=1S/C34H31F4N5O5/c1-32(31(39)45)15-47-29-21(32)11-26(41-28(29)20-10-23(36)24(37)12-22(20)35)34(46,18-2-3-18)14-40-30(44)16-8-17-13-43(33(38)6-7-33)42-27(17)25(9-16)48-19-4-5-19/h8-13,18-19,46H,2-7,14-15H2,1H3,(H2,39,45)(H,40,44)/t32-,34?/m0/s1. The molecule has 2 aromatic carbocycles. The van der Waals surface area contributed by atoms with Crippen molar-refractivity contribution < 1.29 is 41.7 Å². The van der Waals surface area contributed by atoms with Crippen molar-refractivity contribution in [3.8, 4) is 22.8 Å². The summed E-state index contributed by atoms with van der Waals surface area (Å²) in [6, 6.07) is 5.55. The molecule has 0 radical (unpaired) electrons. The lowest BCUT2D eigenvalue weighted by Crippen LogP contribution is -2.44. The molecule has 10 nitrogen and oxygen atoms in total. The average molecular weight is 666 g/mol. The Labute approximate surface area is 271 Å². The predicted molar refractivity (Wildman–Crippen MR) is 162 cm³/mol. The molecule has 1 unspecified atom stereocenters. The molecular weight excluding hydrogens is 634 g/mol. The molecule has 3 heterocycles. The maximum Gasteiger partial charge on any atom is 0.251 e. The average Bonchev–Trinajstić information content (AvgIpc) is 3.99. The van der Waals surface area contributed by atoms with Gasteiger partial charge in [-0.2, -0.15) is 5.10 Å². The number of alkyl halides is 1. The lowest BCUT2D eigenvalue weighted by atomic mass is 9.81. The van der Waals surface area contributed by atoms with Gasteiger partial charge in [0.15, 0.2) is 11.6 Å². The van der Waals surface area contributed by atoms with E-state index in [4.69, 9.17) is 15.2 Å². The fourth-order valence-corrected chi connectivity index (χ4v) is 6.24. The van der Waals surface area contributed by atoms with Crippen LogP contribution in [0.2, 0.25) is 0 Å². The highest BCUT2D eigenvalue weighted by Crippen LogP contribution is 2.50. The summed E-state index contributed by atoms with van der Waals surface area (Å²) in [7, 11) is 0. The molecule has 0 bridgehead atoms. The van der Waals surface area contributed by atoms with Crippen molar-refractivity contribution in [2.45, 2.75) is 68.4 Å². The van der Waals surface area contributed by atoms with Crippen LogP contribution in [-0.2, 0) is 21.6 Å². The molecule has 0 saturated heterocycles. The Hall–Kier alpha value is -4.72. The molecule has 8 rings (SSSR count). The second-order valence-electron chi connectivity index (χ2n) is 13.6. The second kappa shape index (κ2) is 10.4. The first kappa shape index (κ1) is 30.6. The number of nitrogens with one attached hydrogen (secondary N) is 1. The summed E-state index contributed by atoms with van der Waals surface area (Å²) in [5.41, 5.74) is 2.59. The van der Waals surface area contributed by atoms with Crippen LogP contribution in [0.4, 0.5) is 17.6 Å². The number of hydrogen-bond donors (Lipinski definition) is 3. The van der Waals surface area contributed by atoms with Gasteiger partial charge in [-0.3, -0.25) is 9.59 Å². The summed E-state index contributed by atoms with van der Waals surface area (Å²) in [6.07, 6.45) is 5.06. The van der Waals surface area contributed by atoms with Crippen LogP contribution in [0, 0.1) is 23.4 Å². The normalized spacial score (nSPS) is 22.1. The smallest absolute Gasteiger partial charge is 0.251 e. The zero-order chi connectivity index (χ0) is 33.7. The number of nitrogens with zero attached hydrogens (tertiary/aromatic N) is 3. The molecule has 2 aromatic heterocycles. The van der Waals surface area contributed by atoms with Crippen molar-refractivity contribution in [3.63, 3.8) is 0 Å². The Morgan fingerprint density at radius 3 is 2.50 bits per heavy atom. The van der Waals surface area contributed by atoms with E-state index in [0.717, 1.165) is 12.8 Å². The summed E-state index contributed by atoms with van der Waals surface area (Å²) in [5, 5.41) is 19.9. The molecule has 2 amide bonds. The second-order valence-corrected chi connectivity index (χ2v) is 13.6. The van der Waals surface area contributed by atoms with Crippen LogP contribution in [0.15, 0.2) is 36.5 Å². The van der Waals surface area contributed by atoms with Crippen molar-refractivity contribution in [2.75, 3.05) is 13.2 Å². The van der Waals surface area contributed by atoms with Crippen LogP contribution in [-0.4, -0.2) is 50.9 Å². The lowest BCUT2D eigenvalue weighted by molar-refractivity contribution is -0.123. The maximum atomic E-state index is 15.1. The minimum atomic E-state index is -1.83. The molecule has 4 aliphatic rings. The summed E-state index contributed by atoms with van der Waals surface area (Å²) in [6.45, 7) is 0.940. The fourth-order valence-electron chi connectivity index (χ4n) is 6.24. The number of pyridine rings is 1. The molecule has 4 N–H and O–H groups in total. The zero-order valence-corrected chi connectivity index (χ0v) is 25.8. The van der Waals surface area contributed by atoms with Crippen LogP contribution < -0.4 is 20.5 Å². The van der Waals surface area contributed by atoms with Gasteiger partial charge in [0.1, 0.15) is 46.1 Å². The van der Waals surface area contributed by atoms with Gasteiger partial charge in [0.2, 0.25) is 11.7 Å². The number of benzene rings is 2. The molecule has 4 aromatic rings. The third-order valence-corrected chi connectivity index (χ3v) is 9.82. The van der Waals surface area contributed by atoms with Crippen molar-refractivity contribution >= 4 is 22.7 Å². The van der Waals surface area contributed by atoms with Gasteiger partial charge < -0.3 is 25.6 Å². The highest BCUT2D eigenvalue weighted by Gasteiger charge is 2.50. The van der Waals surface area contributed by atoms with E-state index in [2.05, 4.69) is 15.4 Å². The Morgan fingerprint density at radius 1 is 1.10 bits per heavy atom. The molecule has 3 fully saturated rings. The SMILES string of the molecule is C[C@]1(C(N)=O)COc2c1cc(C(O)(CNC(=O)c1cc(OC3CC3)c3nn(C4(F)CC4)cc3c1)C1CC1)nc2-c1cc(F)c(F)cc1F. The molecule has 14 heteroatoms. The van der Waals surface area contributed by atoms with Crippen molar-refractivity contribution in [1.29, 1.82) is 0 Å². The first-order valence-electron chi connectivity index (χ1n) is 15.8. The number of nitrogens with two attached hydrogens (primary N) is 1. The Bertz CT molecular complexity index is 2040. The number of primary amides is 1. The highest BCUT2D eigenvalue weighted by atomic mass is 19.2. The molecule has 3 saturated carbocycles. The quantitative estimate of drug-likeness (QED) is 0.166. The van der Waals surface area contributed by atoms with E-state index in [-0.39, 0.29) is 53.4 Å². The van der Waals surface area contributed by atoms with Gasteiger partial charge in [-0.15, -0.1) is 0 Å². The van der Waals surface area contributed by atoms with Gasteiger partial charge in [-0.05, 0) is 62.8 Å². The van der Waals surface area contributed by atoms with E-state index in [1.54, 1.807) is 12.3 Å². The van der Waals surface area contributed by atoms with Crippen LogP contribution in [0.3, 0.4) is 0 Å². The van der Waals surface area contributed by atoms with Gasteiger partial charge in [0.05, 0.1) is 18.3 Å². The van der Waals surface area contributed by atoms with E-state index < -0.39 is 51.6 Å². The third-order valence-electron chi connectivity index (χ3n) is 9.82. The first-order valence-corrected chi connectivity index (χ1v) is 15.8. The number of amides is 2. The van der Waals surface area contributed by atoms with E-state index in [1.807, 2.05) is 0 Å². The predicted octanol–water partition coefficient (Wildman–Crippen LogP) is 4.64. The maximum absolute atomic E-state index is 15.1. The zero-order valence-electron chi connectivity index (χ0n) is 25.8. The van der Waals surface area contributed by atoms with Gasteiger partial charge in [-0.1, -0.05) is 0 Å². The number of ether oxygens (including phenoxy) is 2. The van der Waals surface area contributed by atoms with E-state index >= 15 is 4.39 Å². The molecule has 2 atom stereocenters. The first-order chi connectivity index (χ1) is 22.8. The number of aromatic nitrogens is 3. The molecule has 48 heavy (non-hydrogen) atoms. The van der Waals surface area contributed by atoms with E-state index in [0.29, 0.717) is 54.5 Å². The van der Waals surface area contributed by atoms with Crippen LogP contribution in [0.1, 0.15) is 67.1 Å². The van der Waals surface area contributed by atoms with Crippen molar-refractivity contribution in [2.24, 2.45) is 11.7 Å². The number of carbonyl (C=O) groups excluding carboxylic acids is 2.